The highest BCUT2D eigenvalue weighted by molar-refractivity contribution is 7.89. The lowest BCUT2D eigenvalue weighted by Gasteiger charge is -2.26. The molecule has 0 radical (unpaired) electrons. The van der Waals surface area contributed by atoms with Crippen LogP contribution in [-0.2, 0) is 10.0 Å². The van der Waals surface area contributed by atoms with E-state index in [2.05, 4.69) is 4.98 Å². The highest BCUT2D eigenvalue weighted by Gasteiger charge is 2.25. The minimum Gasteiger partial charge on any atom is -0.326 e. The number of sulfonamides is 1. The zero-order valence-electron chi connectivity index (χ0n) is 11.4. The molecule has 7 heteroatoms. The Morgan fingerprint density at radius 2 is 2.00 bits per heavy atom. The molecular formula is C13H19ClN2O3S. The first-order chi connectivity index (χ1) is 9.41. The fourth-order valence-electron chi connectivity index (χ4n) is 2.60. The molecule has 1 aromatic rings. The lowest BCUT2D eigenvalue weighted by Crippen LogP contribution is -2.33. The van der Waals surface area contributed by atoms with Gasteiger partial charge in [-0.2, -0.15) is 0 Å². The quantitative estimate of drug-likeness (QED) is 0.925. The van der Waals surface area contributed by atoms with Gasteiger partial charge in [0, 0.05) is 19.8 Å². The Morgan fingerprint density at radius 1 is 1.35 bits per heavy atom. The maximum atomic E-state index is 12.4. The van der Waals surface area contributed by atoms with Crippen LogP contribution in [0, 0.1) is 5.92 Å². The number of hydrogen-bond donors (Lipinski definition) is 1. The molecule has 1 heterocycles. The van der Waals surface area contributed by atoms with Crippen LogP contribution < -0.4 is 5.56 Å². The Bertz CT molecular complexity index is 621. The minimum atomic E-state index is -3.60. The van der Waals surface area contributed by atoms with Crippen LogP contribution in [0.4, 0.5) is 0 Å². The molecule has 0 unspecified atom stereocenters. The number of aromatic amines is 1. The van der Waals surface area contributed by atoms with E-state index < -0.39 is 15.6 Å². The van der Waals surface area contributed by atoms with Gasteiger partial charge >= 0.3 is 0 Å². The molecule has 2 rings (SSSR count). The van der Waals surface area contributed by atoms with Crippen molar-refractivity contribution in [3.63, 3.8) is 0 Å². The SMILES string of the molecule is CN(CC1CCCCC1)S(=O)(=O)c1c[nH]c(=O)c(Cl)c1. The van der Waals surface area contributed by atoms with E-state index in [0.29, 0.717) is 12.5 Å². The summed E-state index contributed by atoms with van der Waals surface area (Å²) in [6.07, 6.45) is 6.92. The third-order valence-electron chi connectivity index (χ3n) is 3.78. The molecule has 5 nitrogen and oxygen atoms in total. The van der Waals surface area contributed by atoms with E-state index in [0.717, 1.165) is 12.8 Å². The first kappa shape index (κ1) is 15.5. The van der Waals surface area contributed by atoms with Crippen LogP contribution in [0.3, 0.4) is 0 Å². The van der Waals surface area contributed by atoms with Crippen LogP contribution in [0.2, 0.25) is 5.02 Å². The van der Waals surface area contributed by atoms with Gasteiger partial charge in [0.2, 0.25) is 10.0 Å². The standard InChI is InChI=1S/C13H19ClN2O3S/c1-16(9-10-5-3-2-4-6-10)20(18,19)11-7-12(14)13(17)15-8-11/h7-8,10H,2-6,9H2,1H3,(H,15,17). The summed E-state index contributed by atoms with van der Waals surface area (Å²) >= 11 is 5.69. The predicted molar refractivity (Wildman–Crippen MR) is 78.5 cm³/mol. The van der Waals surface area contributed by atoms with E-state index in [1.807, 2.05) is 0 Å². The van der Waals surface area contributed by atoms with Crippen LogP contribution in [0.1, 0.15) is 32.1 Å². The van der Waals surface area contributed by atoms with Gasteiger partial charge in [-0.25, -0.2) is 12.7 Å². The third-order valence-corrected chi connectivity index (χ3v) is 5.86. The fourth-order valence-corrected chi connectivity index (χ4v) is 4.08. The van der Waals surface area contributed by atoms with Gasteiger partial charge in [-0.05, 0) is 24.8 Å². The summed E-state index contributed by atoms with van der Waals surface area (Å²) < 4.78 is 26.2. The van der Waals surface area contributed by atoms with E-state index in [1.165, 1.54) is 35.8 Å². The van der Waals surface area contributed by atoms with Crippen molar-refractivity contribution < 1.29 is 8.42 Å². The normalized spacial score (nSPS) is 17.6. The lowest BCUT2D eigenvalue weighted by molar-refractivity contribution is 0.300. The predicted octanol–water partition coefficient (Wildman–Crippen LogP) is 2.23. The second-order valence-corrected chi connectivity index (χ2v) is 7.75. The van der Waals surface area contributed by atoms with Crippen molar-refractivity contribution in [1.29, 1.82) is 0 Å². The molecule has 1 aliphatic rings. The van der Waals surface area contributed by atoms with Gasteiger partial charge in [0.1, 0.15) is 5.02 Å². The average Bonchev–Trinajstić information content (AvgIpc) is 2.42. The summed E-state index contributed by atoms with van der Waals surface area (Å²) in [5.41, 5.74) is -0.486. The van der Waals surface area contributed by atoms with Gasteiger partial charge in [-0.1, -0.05) is 30.9 Å². The number of pyridine rings is 1. The van der Waals surface area contributed by atoms with E-state index in [9.17, 15) is 13.2 Å². The molecule has 20 heavy (non-hydrogen) atoms. The zero-order valence-corrected chi connectivity index (χ0v) is 13.0. The first-order valence-corrected chi connectivity index (χ1v) is 8.57. The Hall–Kier alpha value is -0.850. The number of rotatable bonds is 4. The van der Waals surface area contributed by atoms with Gasteiger partial charge in [0.25, 0.3) is 5.56 Å². The Balaban J connectivity index is 2.15. The average molecular weight is 319 g/mol. The molecule has 0 saturated heterocycles. The maximum Gasteiger partial charge on any atom is 0.266 e. The fraction of sp³-hybridized carbons (Fsp3) is 0.615. The molecule has 1 aromatic heterocycles. The number of halogens is 1. The molecule has 1 fully saturated rings. The van der Waals surface area contributed by atoms with Crippen molar-refractivity contribution in [2.45, 2.75) is 37.0 Å². The summed E-state index contributed by atoms with van der Waals surface area (Å²) in [5, 5.41) is -0.114. The van der Waals surface area contributed by atoms with Gasteiger partial charge in [-0.15, -0.1) is 0 Å². The molecule has 0 atom stereocenters. The third kappa shape index (κ3) is 3.42. The number of hydrogen-bond acceptors (Lipinski definition) is 3. The highest BCUT2D eigenvalue weighted by Crippen LogP contribution is 2.26. The molecule has 1 N–H and O–H groups in total. The number of nitrogens with one attached hydrogen (secondary N) is 1. The minimum absolute atomic E-state index is 0.0282. The molecule has 0 amide bonds. The topological polar surface area (TPSA) is 70.2 Å². The zero-order chi connectivity index (χ0) is 14.8. The molecule has 0 spiro atoms. The van der Waals surface area contributed by atoms with Crippen molar-refractivity contribution in [2.75, 3.05) is 13.6 Å². The summed E-state index contributed by atoms with van der Waals surface area (Å²) in [4.78, 5) is 13.6. The Morgan fingerprint density at radius 3 is 2.60 bits per heavy atom. The van der Waals surface area contributed by atoms with Gasteiger partial charge in [0.15, 0.2) is 0 Å². The van der Waals surface area contributed by atoms with Crippen LogP contribution in [0.15, 0.2) is 22.0 Å². The molecule has 0 aromatic carbocycles. The Labute approximate surface area is 124 Å². The van der Waals surface area contributed by atoms with E-state index in [-0.39, 0.29) is 9.92 Å². The largest absolute Gasteiger partial charge is 0.326 e. The first-order valence-electron chi connectivity index (χ1n) is 6.76. The van der Waals surface area contributed by atoms with Crippen molar-refractivity contribution >= 4 is 21.6 Å². The van der Waals surface area contributed by atoms with Crippen molar-refractivity contribution in [3.05, 3.63) is 27.6 Å². The van der Waals surface area contributed by atoms with Crippen LogP contribution in [0.25, 0.3) is 0 Å². The lowest BCUT2D eigenvalue weighted by atomic mass is 9.89. The summed E-state index contributed by atoms with van der Waals surface area (Å²) in [6, 6.07) is 1.20. The van der Waals surface area contributed by atoms with Crippen LogP contribution in [-0.4, -0.2) is 31.3 Å². The van der Waals surface area contributed by atoms with Crippen molar-refractivity contribution in [1.82, 2.24) is 9.29 Å². The summed E-state index contributed by atoms with van der Waals surface area (Å²) in [6.45, 7) is 0.513. The van der Waals surface area contributed by atoms with E-state index in [1.54, 1.807) is 7.05 Å². The van der Waals surface area contributed by atoms with E-state index in [4.69, 9.17) is 11.6 Å². The molecule has 0 aliphatic heterocycles. The molecule has 112 valence electrons. The molecule has 1 aliphatic carbocycles. The van der Waals surface area contributed by atoms with Crippen molar-refractivity contribution in [2.24, 2.45) is 5.92 Å². The summed E-state index contributed by atoms with van der Waals surface area (Å²) in [7, 11) is -2.03. The maximum absolute atomic E-state index is 12.4. The second-order valence-electron chi connectivity index (χ2n) is 5.30. The van der Waals surface area contributed by atoms with Crippen molar-refractivity contribution in [3.8, 4) is 0 Å². The molecule has 0 bridgehead atoms. The van der Waals surface area contributed by atoms with Gasteiger partial charge in [0.05, 0.1) is 4.90 Å². The number of nitrogens with zero attached hydrogens (tertiary/aromatic N) is 1. The number of H-pyrrole nitrogens is 1. The smallest absolute Gasteiger partial charge is 0.266 e. The summed E-state index contributed by atoms with van der Waals surface area (Å²) in [5.74, 6) is 0.418. The van der Waals surface area contributed by atoms with Gasteiger partial charge in [-0.3, -0.25) is 4.79 Å². The number of aromatic nitrogens is 1. The molecular weight excluding hydrogens is 300 g/mol. The van der Waals surface area contributed by atoms with Crippen LogP contribution >= 0.6 is 11.6 Å². The monoisotopic (exact) mass is 318 g/mol. The van der Waals surface area contributed by atoms with E-state index >= 15 is 0 Å². The molecule has 1 saturated carbocycles. The highest BCUT2D eigenvalue weighted by atomic mass is 35.5. The Kier molecular flexibility index (Phi) is 4.88. The second kappa shape index (κ2) is 6.28. The van der Waals surface area contributed by atoms with Gasteiger partial charge < -0.3 is 4.98 Å². The van der Waals surface area contributed by atoms with Crippen LogP contribution in [0.5, 0.6) is 0 Å².